The summed E-state index contributed by atoms with van der Waals surface area (Å²) < 4.78 is 29.7. The number of likely N-dealkylation sites (tertiary alicyclic amines) is 1. The van der Waals surface area contributed by atoms with Crippen LogP contribution in [0.2, 0.25) is 0 Å². The zero-order chi connectivity index (χ0) is 21.0. The van der Waals surface area contributed by atoms with Crippen molar-refractivity contribution in [1.82, 2.24) is 15.1 Å². The summed E-state index contributed by atoms with van der Waals surface area (Å²) in [7, 11) is 0. The number of carbonyl (C=O) groups is 2. The lowest BCUT2D eigenvalue weighted by Crippen LogP contribution is -2.43. The van der Waals surface area contributed by atoms with Crippen LogP contribution in [0.5, 0.6) is 5.75 Å². The molecular formula is C19H22F2N4O3S. The number of hydrogen-bond donors (Lipinski definition) is 1. The van der Waals surface area contributed by atoms with Gasteiger partial charge in [-0.2, -0.15) is 8.78 Å². The molecule has 156 valence electrons. The number of carbonyl (C=O) groups excluding carboxylic acids is 2. The predicted molar refractivity (Wildman–Crippen MR) is 104 cm³/mol. The molecule has 1 aromatic heterocycles. The number of piperidine rings is 1. The van der Waals surface area contributed by atoms with Crippen molar-refractivity contribution in [2.75, 3.05) is 18.4 Å². The molecule has 3 rings (SSSR count). The maximum Gasteiger partial charge on any atom is 0.387 e. The number of ether oxygens (including phenoxy) is 1. The van der Waals surface area contributed by atoms with Crippen molar-refractivity contribution in [3.63, 3.8) is 0 Å². The van der Waals surface area contributed by atoms with E-state index in [1.807, 2.05) is 13.8 Å². The topological polar surface area (TPSA) is 84.4 Å². The van der Waals surface area contributed by atoms with Crippen molar-refractivity contribution in [3.8, 4) is 5.75 Å². The molecule has 0 radical (unpaired) electrons. The first-order valence-electron chi connectivity index (χ1n) is 9.32. The summed E-state index contributed by atoms with van der Waals surface area (Å²) in [6.07, 6.45) is 1.26. The van der Waals surface area contributed by atoms with Crippen molar-refractivity contribution in [1.29, 1.82) is 0 Å². The van der Waals surface area contributed by atoms with Crippen LogP contribution in [0.3, 0.4) is 0 Å². The summed E-state index contributed by atoms with van der Waals surface area (Å²) in [5.41, 5.74) is 0.0551. The summed E-state index contributed by atoms with van der Waals surface area (Å²) in [6.45, 7) is 1.61. The molecule has 1 aromatic carbocycles. The zero-order valence-electron chi connectivity index (χ0n) is 16.1. The molecular weight excluding hydrogens is 402 g/mol. The summed E-state index contributed by atoms with van der Waals surface area (Å²) in [6, 6.07) is 5.88. The molecule has 1 saturated heterocycles. The summed E-state index contributed by atoms with van der Waals surface area (Å²) in [4.78, 5) is 27.0. The van der Waals surface area contributed by atoms with Gasteiger partial charge in [-0.15, -0.1) is 10.2 Å². The van der Waals surface area contributed by atoms with Gasteiger partial charge in [0.05, 0.1) is 11.5 Å². The monoisotopic (exact) mass is 424 g/mol. The molecule has 29 heavy (non-hydrogen) atoms. The molecule has 1 N–H and O–H groups in total. The minimum atomic E-state index is -3.02. The first kappa shape index (κ1) is 21.1. The van der Waals surface area contributed by atoms with Gasteiger partial charge in [0, 0.05) is 19.0 Å². The molecule has 0 unspecified atom stereocenters. The van der Waals surface area contributed by atoms with Crippen molar-refractivity contribution in [3.05, 3.63) is 34.8 Å². The highest BCUT2D eigenvalue weighted by Crippen LogP contribution is 2.27. The first-order chi connectivity index (χ1) is 13.8. The molecule has 10 heteroatoms. The Hall–Kier alpha value is -2.62. The highest BCUT2D eigenvalue weighted by atomic mass is 32.1. The number of anilines is 1. The Morgan fingerprint density at radius 2 is 2.03 bits per heavy atom. The van der Waals surface area contributed by atoms with Gasteiger partial charge in [0.15, 0.2) is 0 Å². The van der Waals surface area contributed by atoms with Crippen LogP contribution in [-0.4, -0.2) is 46.6 Å². The van der Waals surface area contributed by atoms with Crippen molar-refractivity contribution < 1.29 is 23.1 Å². The Bertz CT molecular complexity index is 875. The number of halogens is 2. The van der Waals surface area contributed by atoms with Crippen LogP contribution >= 0.6 is 11.3 Å². The number of alkyl halides is 2. The molecule has 0 spiro atoms. The van der Waals surface area contributed by atoms with Crippen LogP contribution in [0.1, 0.15) is 48.0 Å². The molecule has 7 nitrogen and oxygen atoms in total. The summed E-state index contributed by atoms with van der Waals surface area (Å²) in [5.74, 6) is -1.03. The second-order valence-corrected chi connectivity index (χ2v) is 8.06. The average molecular weight is 424 g/mol. The molecule has 1 fully saturated rings. The van der Waals surface area contributed by atoms with E-state index in [0.29, 0.717) is 24.5 Å². The van der Waals surface area contributed by atoms with Crippen LogP contribution in [0, 0.1) is 5.92 Å². The van der Waals surface area contributed by atoms with Crippen molar-refractivity contribution >= 4 is 28.3 Å². The predicted octanol–water partition coefficient (Wildman–Crippen LogP) is 3.75. The molecule has 1 aliphatic heterocycles. The lowest BCUT2D eigenvalue weighted by atomic mass is 9.96. The second kappa shape index (κ2) is 9.25. The Morgan fingerprint density at radius 3 is 2.72 bits per heavy atom. The number of amides is 2. The third kappa shape index (κ3) is 5.26. The molecule has 0 aliphatic carbocycles. The van der Waals surface area contributed by atoms with E-state index in [4.69, 9.17) is 0 Å². The molecule has 1 atom stereocenters. The van der Waals surface area contributed by atoms with E-state index >= 15 is 0 Å². The molecule has 2 amide bonds. The highest BCUT2D eigenvalue weighted by Gasteiger charge is 2.31. The minimum absolute atomic E-state index is 0.0551. The van der Waals surface area contributed by atoms with E-state index in [9.17, 15) is 18.4 Å². The first-order valence-corrected chi connectivity index (χ1v) is 10.1. The van der Waals surface area contributed by atoms with Gasteiger partial charge in [-0.1, -0.05) is 37.3 Å². The van der Waals surface area contributed by atoms with Gasteiger partial charge < -0.3 is 15.0 Å². The molecule has 0 saturated carbocycles. The van der Waals surface area contributed by atoms with Crippen molar-refractivity contribution in [2.24, 2.45) is 5.92 Å². The number of rotatable bonds is 6. The molecule has 2 heterocycles. The number of nitrogens with one attached hydrogen (secondary N) is 1. The van der Waals surface area contributed by atoms with E-state index in [-0.39, 0.29) is 29.7 Å². The van der Waals surface area contributed by atoms with Gasteiger partial charge in [0.1, 0.15) is 10.8 Å². The normalized spacial score (nSPS) is 16.9. The van der Waals surface area contributed by atoms with E-state index in [2.05, 4.69) is 20.3 Å². The van der Waals surface area contributed by atoms with Crippen molar-refractivity contribution in [2.45, 2.75) is 39.2 Å². The Labute approximate surface area is 171 Å². The maximum absolute atomic E-state index is 12.9. The minimum Gasteiger partial charge on any atom is -0.434 e. The summed E-state index contributed by atoms with van der Waals surface area (Å²) in [5, 5.41) is 12.1. The fourth-order valence-corrected chi connectivity index (χ4v) is 3.86. The van der Waals surface area contributed by atoms with Crippen LogP contribution in [0.4, 0.5) is 13.9 Å². The van der Waals surface area contributed by atoms with Gasteiger partial charge in [-0.3, -0.25) is 9.59 Å². The van der Waals surface area contributed by atoms with E-state index in [1.165, 1.54) is 34.4 Å². The molecule has 2 aromatic rings. The average Bonchev–Trinajstić information content (AvgIpc) is 3.16. The molecule has 0 bridgehead atoms. The number of benzene rings is 1. The highest BCUT2D eigenvalue weighted by molar-refractivity contribution is 7.15. The standard InChI is InChI=1S/C19H22F2N4O3S/c1-11(2)16-23-24-19(29-16)22-15(26)12-6-5-9-25(10-12)17(27)13-7-3-4-8-14(13)28-18(20)21/h3-4,7-8,11-12,18H,5-6,9-10H2,1-2H3,(H,22,24,26)/t12-/m0/s1. The van der Waals surface area contributed by atoms with E-state index in [1.54, 1.807) is 6.07 Å². The van der Waals surface area contributed by atoms with E-state index in [0.717, 1.165) is 5.01 Å². The fraction of sp³-hybridized carbons (Fsp3) is 0.474. The number of aromatic nitrogens is 2. The van der Waals surface area contributed by atoms with Gasteiger partial charge >= 0.3 is 6.61 Å². The lowest BCUT2D eigenvalue weighted by Gasteiger charge is -2.32. The fourth-order valence-electron chi connectivity index (χ4n) is 3.11. The number of nitrogens with zero attached hydrogens (tertiary/aromatic N) is 3. The largest absolute Gasteiger partial charge is 0.434 e. The lowest BCUT2D eigenvalue weighted by molar-refractivity contribution is -0.121. The zero-order valence-corrected chi connectivity index (χ0v) is 16.9. The third-order valence-electron chi connectivity index (χ3n) is 4.58. The van der Waals surface area contributed by atoms with Gasteiger partial charge in [0.25, 0.3) is 5.91 Å². The van der Waals surface area contributed by atoms with Crippen LogP contribution < -0.4 is 10.1 Å². The second-order valence-electron chi connectivity index (χ2n) is 7.05. The molecule has 1 aliphatic rings. The quantitative estimate of drug-likeness (QED) is 0.763. The third-order valence-corrected chi connectivity index (χ3v) is 5.72. The Balaban J connectivity index is 1.67. The van der Waals surface area contributed by atoms with Crippen LogP contribution in [-0.2, 0) is 4.79 Å². The van der Waals surface area contributed by atoms with Crippen LogP contribution in [0.15, 0.2) is 24.3 Å². The van der Waals surface area contributed by atoms with Crippen LogP contribution in [0.25, 0.3) is 0 Å². The van der Waals surface area contributed by atoms with Gasteiger partial charge in [-0.25, -0.2) is 0 Å². The summed E-state index contributed by atoms with van der Waals surface area (Å²) >= 11 is 1.32. The Morgan fingerprint density at radius 1 is 1.28 bits per heavy atom. The van der Waals surface area contributed by atoms with Gasteiger partial charge in [0.2, 0.25) is 11.0 Å². The number of para-hydroxylation sites is 1. The van der Waals surface area contributed by atoms with E-state index < -0.39 is 18.4 Å². The Kier molecular flexibility index (Phi) is 6.73. The maximum atomic E-state index is 12.9. The SMILES string of the molecule is CC(C)c1nnc(NC(=O)[C@H]2CCCN(C(=O)c3ccccc3OC(F)F)C2)s1. The smallest absolute Gasteiger partial charge is 0.387 e. The van der Waals surface area contributed by atoms with Gasteiger partial charge in [-0.05, 0) is 25.0 Å². The number of hydrogen-bond acceptors (Lipinski definition) is 6.